The van der Waals surface area contributed by atoms with Crippen LogP contribution in [0.15, 0.2) is 43.1 Å². The third-order valence-electron chi connectivity index (χ3n) is 5.61. The number of rotatable bonds is 7. The first-order chi connectivity index (χ1) is 17.5. The number of nitrogens with zero attached hydrogens (tertiary/aromatic N) is 7. The summed E-state index contributed by atoms with van der Waals surface area (Å²) in [4.78, 5) is 17.7. The first-order valence-corrected chi connectivity index (χ1v) is 11.7. The summed E-state index contributed by atoms with van der Waals surface area (Å²) in [5, 5.41) is 20.2. The van der Waals surface area contributed by atoms with Crippen molar-refractivity contribution in [1.82, 2.24) is 34.5 Å². The third-order valence-corrected chi connectivity index (χ3v) is 5.90. The Morgan fingerprint density at radius 3 is 2.64 bits per heavy atom. The van der Waals surface area contributed by atoms with Gasteiger partial charge in [-0.15, -0.1) is 10.2 Å². The van der Waals surface area contributed by atoms with Gasteiger partial charge in [-0.1, -0.05) is 24.6 Å². The molecule has 0 fully saturated rings. The number of ether oxygens (including phenoxy) is 1. The summed E-state index contributed by atoms with van der Waals surface area (Å²) in [7, 11) is 1.60. The van der Waals surface area contributed by atoms with E-state index >= 15 is 0 Å². The molecule has 0 unspecified atom stereocenters. The fourth-order valence-electron chi connectivity index (χ4n) is 3.87. The zero-order valence-corrected chi connectivity index (χ0v) is 20.9. The van der Waals surface area contributed by atoms with Gasteiger partial charge in [-0.05, 0) is 31.0 Å². The van der Waals surface area contributed by atoms with E-state index in [1.807, 2.05) is 53.0 Å². The van der Waals surface area contributed by atoms with Crippen molar-refractivity contribution in [3.63, 3.8) is 0 Å². The van der Waals surface area contributed by atoms with Crippen LogP contribution in [0.3, 0.4) is 0 Å². The fraction of sp³-hybridized carbons (Fsp3) is 0.250. The van der Waals surface area contributed by atoms with Crippen LogP contribution in [-0.4, -0.2) is 48.0 Å². The number of carbonyl (C=O) groups is 1. The zero-order chi connectivity index (χ0) is 25.7. The molecular formula is C24H26ClN9O2. The number of fused-ring (bicyclic) bond motifs is 3. The van der Waals surface area contributed by atoms with Crippen molar-refractivity contribution in [2.45, 2.75) is 33.4 Å². The van der Waals surface area contributed by atoms with E-state index in [-0.39, 0.29) is 6.41 Å². The molecule has 11 nitrogen and oxygen atoms in total. The average molecular weight is 508 g/mol. The zero-order valence-electron chi connectivity index (χ0n) is 20.1. The Hall–Kier alpha value is -4.25. The number of methoxy groups -OCH3 is 1. The largest absolute Gasteiger partial charge is 0.495 e. The lowest BCUT2D eigenvalue weighted by molar-refractivity contribution is -0.106. The topological polar surface area (TPSA) is 139 Å². The van der Waals surface area contributed by atoms with E-state index in [2.05, 4.69) is 43.2 Å². The Morgan fingerprint density at radius 2 is 1.97 bits per heavy atom. The van der Waals surface area contributed by atoms with E-state index in [9.17, 15) is 0 Å². The summed E-state index contributed by atoms with van der Waals surface area (Å²) < 4.78 is 9.01. The molecule has 36 heavy (non-hydrogen) atoms. The van der Waals surface area contributed by atoms with Crippen molar-refractivity contribution in [2.75, 3.05) is 12.4 Å². The maximum absolute atomic E-state index is 8.58. The number of primary amides is 1. The van der Waals surface area contributed by atoms with Crippen LogP contribution in [0, 0.1) is 0 Å². The Balaban J connectivity index is 0.000000967. The summed E-state index contributed by atoms with van der Waals surface area (Å²) >= 11 is 6.30. The summed E-state index contributed by atoms with van der Waals surface area (Å²) in [6, 6.07) is 5.69. The second-order valence-corrected chi connectivity index (χ2v) is 8.11. The van der Waals surface area contributed by atoms with Crippen LogP contribution in [0.1, 0.15) is 25.1 Å². The molecule has 4 aromatic heterocycles. The van der Waals surface area contributed by atoms with Crippen molar-refractivity contribution in [1.29, 1.82) is 0 Å². The van der Waals surface area contributed by atoms with Crippen LogP contribution in [0.5, 0.6) is 5.75 Å². The molecule has 1 aromatic carbocycles. The number of hydrogen-bond acceptors (Lipinski definition) is 8. The first-order valence-electron chi connectivity index (χ1n) is 11.3. The number of aromatic nitrogens is 7. The van der Waals surface area contributed by atoms with E-state index in [1.54, 1.807) is 13.4 Å². The molecule has 0 atom stereocenters. The van der Waals surface area contributed by atoms with Crippen LogP contribution in [0.4, 0.5) is 5.82 Å². The Bertz CT molecular complexity index is 1510. The number of nitrogens with one attached hydrogen (secondary N) is 1. The Morgan fingerprint density at radius 1 is 1.17 bits per heavy atom. The molecule has 0 aliphatic carbocycles. The van der Waals surface area contributed by atoms with Gasteiger partial charge in [-0.3, -0.25) is 9.36 Å². The number of amides is 1. The fourth-order valence-corrected chi connectivity index (χ4v) is 4.15. The van der Waals surface area contributed by atoms with Gasteiger partial charge in [-0.25, -0.2) is 14.6 Å². The van der Waals surface area contributed by atoms with Crippen molar-refractivity contribution in [2.24, 2.45) is 5.73 Å². The molecule has 0 saturated heterocycles. The second kappa shape index (κ2) is 11.0. The van der Waals surface area contributed by atoms with Crippen LogP contribution >= 0.6 is 11.6 Å². The minimum absolute atomic E-state index is 0.250. The van der Waals surface area contributed by atoms with Gasteiger partial charge >= 0.3 is 0 Å². The molecule has 0 aliphatic rings. The van der Waals surface area contributed by atoms with Crippen molar-refractivity contribution < 1.29 is 9.53 Å². The van der Waals surface area contributed by atoms with E-state index in [0.29, 0.717) is 29.0 Å². The van der Waals surface area contributed by atoms with Gasteiger partial charge in [0, 0.05) is 36.3 Å². The summed E-state index contributed by atoms with van der Waals surface area (Å²) in [5.74, 6) is 1.97. The second-order valence-electron chi connectivity index (χ2n) is 7.70. The van der Waals surface area contributed by atoms with Gasteiger partial charge in [0.05, 0.1) is 29.4 Å². The molecule has 0 bridgehead atoms. The normalized spacial score (nSPS) is 10.8. The van der Waals surface area contributed by atoms with Crippen LogP contribution in [-0.2, 0) is 24.3 Å². The molecule has 0 aliphatic heterocycles. The highest BCUT2D eigenvalue weighted by Crippen LogP contribution is 2.32. The Kier molecular flexibility index (Phi) is 7.59. The smallest absolute Gasteiger partial charge is 0.204 e. The Labute approximate surface area is 212 Å². The molecule has 186 valence electrons. The molecule has 0 spiro atoms. The minimum atomic E-state index is 0.250. The molecule has 5 rings (SSSR count). The first kappa shape index (κ1) is 24.9. The SMILES string of the molecule is CCc1cn(-c2nnc(NCc3ccc(OC)c(Cl)c3)c3c2cnc2c3cnn2CC)cn1.NC=O. The maximum Gasteiger partial charge on any atom is 0.204 e. The van der Waals surface area contributed by atoms with E-state index < -0.39 is 0 Å². The van der Waals surface area contributed by atoms with Crippen molar-refractivity contribution in [3.05, 3.63) is 59.4 Å². The quantitative estimate of drug-likeness (QED) is 0.319. The number of nitrogens with two attached hydrogens (primary N) is 1. The number of anilines is 1. The molecular weight excluding hydrogens is 482 g/mol. The molecule has 3 N–H and O–H groups in total. The van der Waals surface area contributed by atoms with Crippen molar-refractivity contribution >= 4 is 45.6 Å². The van der Waals surface area contributed by atoms with Gasteiger partial charge < -0.3 is 15.8 Å². The number of hydrogen-bond donors (Lipinski definition) is 2. The van der Waals surface area contributed by atoms with E-state index in [0.717, 1.165) is 46.0 Å². The van der Waals surface area contributed by atoms with Gasteiger partial charge in [-0.2, -0.15) is 5.10 Å². The highest BCUT2D eigenvalue weighted by molar-refractivity contribution is 6.32. The van der Waals surface area contributed by atoms with Crippen LogP contribution in [0.2, 0.25) is 5.02 Å². The maximum atomic E-state index is 8.58. The predicted octanol–water partition coefficient (Wildman–Crippen LogP) is 3.52. The van der Waals surface area contributed by atoms with Crippen molar-refractivity contribution in [3.8, 4) is 11.6 Å². The average Bonchev–Trinajstić information content (AvgIpc) is 3.54. The summed E-state index contributed by atoms with van der Waals surface area (Å²) in [5.41, 5.74) is 6.95. The lowest BCUT2D eigenvalue weighted by Crippen LogP contribution is -2.07. The molecule has 0 saturated carbocycles. The number of aryl methyl sites for hydroxylation is 2. The number of benzene rings is 1. The van der Waals surface area contributed by atoms with Gasteiger partial charge in [0.25, 0.3) is 0 Å². The summed E-state index contributed by atoms with van der Waals surface area (Å²) in [6.45, 7) is 5.35. The van der Waals surface area contributed by atoms with E-state index in [4.69, 9.17) is 21.1 Å². The molecule has 5 aromatic rings. The molecule has 4 heterocycles. The predicted molar refractivity (Wildman–Crippen MR) is 138 cm³/mol. The lowest BCUT2D eigenvalue weighted by atomic mass is 10.1. The standard InChI is InChI=1S/C23H23ClN8O.CH3NO/c1-4-15-12-31(13-27-15)23-16-10-26-22-17(11-28-32(22)5-2)20(16)21(29-30-23)25-9-14-6-7-19(33-3)18(24)8-14;2-1-3/h6-8,10-13H,4-5,9H2,1-3H3,(H,25,29);1H,(H2,2,3). The third kappa shape index (κ3) is 4.78. The number of halogens is 1. The number of pyridine rings is 1. The highest BCUT2D eigenvalue weighted by Gasteiger charge is 2.17. The van der Waals surface area contributed by atoms with Crippen LogP contribution < -0.4 is 15.8 Å². The number of imidazole rings is 1. The molecule has 12 heteroatoms. The lowest BCUT2D eigenvalue weighted by Gasteiger charge is -2.13. The van der Waals surface area contributed by atoms with Gasteiger partial charge in [0.15, 0.2) is 17.3 Å². The molecule has 1 amide bonds. The number of carbonyl (C=O) groups excluding carboxylic acids is 1. The van der Waals surface area contributed by atoms with Crippen LogP contribution in [0.25, 0.3) is 27.6 Å². The summed E-state index contributed by atoms with van der Waals surface area (Å²) in [6.07, 6.45) is 8.48. The van der Waals surface area contributed by atoms with E-state index in [1.165, 1.54) is 0 Å². The monoisotopic (exact) mass is 507 g/mol. The van der Waals surface area contributed by atoms with Gasteiger partial charge in [0.2, 0.25) is 6.41 Å². The minimum Gasteiger partial charge on any atom is -0.495 e. The molecule has 0 radical (unpaired) electrons. The van der Waals surface area contributed by atoms with Gasteiger partial charge in [0.1, 0.15) is 12.1 Å². The highest BCUT2D eigenvalue weighted by atomic mass is 35.5.